The van der Waals surface area contributed by atoms with Crippen LogP contribution in [0.5, 0.6) is 0 Å². The van der Waals surface area contributed by atoms with Gasteiger partial charge in [-0.1, -0.05) is 59.8 Å². The van der Waals surface area contributed by atoms with Gasteiger partial charge in [0, 0.05) is 43.4 Å². The Morgan fingerprint density at radius 1 is 0.875 bits per heavy atom. The van der Waals surface area contributed by atoms with Crippen molar-refractivity contribution in [2.24, 2.45) is 0 Å². The maximum Gasteiger partial charge on any atom is 0.276 e. The second kappa shape index (κ2) is 8.63. The van der Waals surface area contributed by atoms with Gasteiger partial charge in [-0.3, -0.25) is 4.79 Å². The van der Waals surface area contributed by atoms with Gasteiger partial charge in [0.25, 0.3) is 5.91 Å². The zero-order valence-corrected chi connectivity index (χ0v) is 17.8. The topological polar surface area (TPSA) is 75.4 Å². The van der Waals surface area contributed by atoms with E-state index in [-0.39, 0.29) is 5.91 Å². The molecule has 32 heavy (non-hydrogen) atoms. The van der Waals surface area contributed by atoms with E-state index in [1.165, 1.54) is 5.56 Å². The first kappa shape index (κ1) is 19.9. The molecule has 160 valence electrons. The molecule has 0 bridgehead atoms. The van der Waals surface area contributed by atoms with Gasteiger partial charge >= 0.3 is 0 Å². The molecule has 0 saturated carbocycles. The van der Waals surface area contributed by atoms with Crippen LogP contribution in [0, 0.1) is 6.92 Å². The monoisotopic (exact) mass is 425 g/mol. The zero-order valence-electron chi connectivity index (χ0n) is 17.8. The molecule has 1 aliphatic rings. The smallest absolute Gasteiger partial charge is 0.276 e. The first-order valence-electron chi connectivity index (χ1n) is 10.6. The number of aryl methyl sites for hydroxylation is 1. The van der Waals surface area contributed by atoms with E-state index in [1.54, 1.807) is 11.0 Å². The Hall–Kier alpha value is -4.00. The van der Waals surface area contributed by atoms with Crippen molar-refractivity contribution in [2.75, 3.05) is 31.1 Å². The molecule has 7 nitrogen and oxygen atoms in total. The summed E-state index contributed by atoms with van der Waals surface area (Å²) in [6.07, 6.45) is 0. The lowest BCUT2D eigenvalue weighted by Crippen LogP contribution is -2.49. The second-order valence-electron chi connectivity index (χ2n) is 7.81. The Kier molecular flexibility index (Phi) is 5.37. The number of rotatable bonds is 4. The molecule has 0 spiro atoms. The summed E-state index contributed by atoms with van der Waals surface area (Å²) in [6, 6.07) is 23.5. The van der Waals surface area contributed by atoms with Crippen molar-refractivity contribution >= 4 is 11.7 Å². The summed E-state index contributed by atoms with van der Waals surface area (Å²) in [7, 11) is 0. The van der Waals surface area contributed by atoms with Crippen LogP contribution in [0.1, 0.15) is 16.1 Å². The molecule has 7 heteroatoms. The van der Waals surface area contributed by atoms with Gasteiger partial charge in [0.2, 0.25) is 0 Å². The molecule has 2 aromatic carbocycles. The standard InChI is InChI=1S/C25H23N5O2/c1-18-7-5-6-10-20(18)21-11-12-24(27-26-21)29-13-15-30(16-14-29)25(31)22-17-23(32-28-22)19-8-3-2-4-9-19/h2-12,17H,13-16H2,1H3. The van der Waals surface area contributed by atoms with E-state index < -0.39 is 0 Å². The number of carbonyl (C=O) groups is 1. The molecule has 1 saturated heterocycles. The summed E-state index contributed by atoms with van der Waals surface area (Å²) < 4.78 is 5.38. The highest BCUT2D eigenvalue weighted by Crippen LogP contribution is 2.23. The van der Waals surface area contributed by atoms with Gasteiger partial charge in [-0.2, -0.15) is 0 Å². The molecule has 0 atom stereocenters. The first-order valence-corrected chi connectivity index (χ1v) is 10.6. The minimum atomic E-state index is -0.114. The maximum atomic E-state index is 12.9. The van der Waals surface area contributed by atoms with Crippen LogP contribution < -0.4 is 4.90 Å². The molecule has 0 radical (unpaired) electrons. The second-order valence-corrected chi connectivity index (χ2v) is 7.81. The van der Waals surface area contributed by atoms with Crippen LogP contribution in [-0.2, 0) is 0 Å². The number of amides is 1. The molecule has 1 fully saturated rings. The Bertz CT molecular complexity index is 1210. The van der Waals surface area contributed by atoms with Crippen LogP contribution in [0.25, 0.3) is 22.6 Å². The van der Waals surface area contributed by atoms with E-state index in [9.17, 15) is 4.79 Å². The van der Waals surface area contributed by atoms with Crippen LogP contribution in [0.3, 0.4) is 0 Å². The summed E-state index contributed by atoms with van der Waals surface area (Å²) in [5, 5.41) is 12.8. The van der Waals surface area contributed by atoms with E-state index in [1.807, 2.05) is 54.6 Å². The minimum absolute atomic E-state index is 0.114. The van der Waals surface area contributed by atoms with Gasteiger partial charge in [-0.05, 0) is 24.6 Å². The lowest BCUT2D eigenvalue weighted by molar-refractivity contribution is 0.0736. The highest BCUT2D eigenvalue weighted by molar-refractivity contribution is 5.93. The van der Waals surface area contributed by atoms with Crippen molar-refractivity contribution < 1.29 is 9.32 Å². The molecular weight excluding hydrogens is 402 g/mol. The third kappa shape index (κ3) is 3.97. The summed E-state index contributed by atoms with van der Waals surface area (Å²) >= 11 is 0. The summed E-state index contributed by atoms with van der Waals surface area (Å²) in [5.74, 6) is 1.30. The van der Waals surface area contributed by atoms with Crippen molar-refractivity contribution in [3.05, 3.63) is 84.1 Å². The fraction of sp³-hybridized carbons (Fsp3) is 0.200. The normalized spacial score (nSPS) is 13.9. The van der Waals surface area contributed by atoms with Crippen LogP contribution in [0.15, 0.2) is 77.3 Å². The van der Waals surface area contributed by atoms with Crippen molar-refractivity contribution in [2.45, 2.75) is 6.92 Å². The Labute approximate surface area is 186 Å². The highest BCUT2D eigenvalue weighted by atomic mass is 16.5. The zero-order chi connectivity index (χ0) is 21.9. The number of nitrogens with zero attached hydrogens (tertiary/aromatic N) is 5. The summed E-state index contributed by atoms with van der Waals surface area (Å²) in [5.41, 5.74) is 4.35. The number of benzene rings is 2. The van der Waals surface area contributed by atoms with E-state index in [4.69, 9.17) is 4.52 Å². The van der Waals surface area contributed by atoms with Crippen LogP contribution >= 0.6 is 0 Å². The number of carbonyl (C=O) groups excluding carboxylic acids is 1. The Balaban J connectivity index is 1.22. The fourth-order valence-electron chi connectivity index (χ4n) is 3.91. The van der Waals surface area contributed by atoms with Gasteiger partial charge in [-0.15, -0.1) is 10.2 Å². The maximum absolute atomic E-state index is 12.9. The van der Waals surface area contributed by atoms with E-state index in [2.05, 4.69) is 39.3 Å². The lowest BCUT2D eigenvalue weighted by Gasteiger charge is -2.34. The van der Waals surface area contributed by atoms with Crippen molar-refractivity contribution in [3.63, 3.8) is 0 Å². The predicted molar refractivity (Wildman–Crippen MR) is 122 cm³/mol. The average molecular weight is 425 g/mol. The SMILES string of the molecule is Cc1ccccc1-c1ccc(N2CCN(C(=O)c3cc(-c4ccccc4)on3)CC2)nn1. The largest absolute Gasteiger partial charge is 0.355 e. The molecule has 0 N–H and O–H groups in total. The third-order valence-electron chi connectivity index (χ3n) is 5.75. The summed E-state index contributed by atoms with van der Waals surface area (Å²) in [4.78, 5) is 16.8. The first-order chi connectivity index (χ1) is 15.7. The molecule has 0 unspecified atom stereocenters. The number of hydrogen-bond donors (Lipinski definition) is 0. The average Bonchev–Trinajstić information content (AvgIpc) is 3.35. The minimum Gasteiger partial charge on any atom is -0.355 e. The van der Waals surface area contributed by atoms with Gasteiger partial charge in [0.1, 0.15) is 0 Å². The lowest BCUT2D eigenvalue weighted by atomic mass is 10.1. The van der Waals surface area contributed by atoms with E-state index >= 15 is 0 Å². The third-order valence-corrected chi connectivity index (χ3v) is 5.75. The Morgan fingerprint density at radius 3 is 2.34 bits per heavy atom. The van der Waals surface area contributed by atoms with Crippen molar-refractivity contribution in [1.82, 2.24) is 20.3 Å². The van der Waals surface area contributed by atoms with Crippen LogP contribution in [-0.4, -0.2) is 52.3 Å². The number of anilines is 1. The molecular formula is C25H23N5O2. The van der Waals surface area contributed by atoms with Crippen LogP contribution in [0.4, 0.5) is 5.82 Å². The molecule has 3 heterocycles. The number of piperazine rings is 1. The van der Waals surface area contributed by atoms with E-state index in [0.717, 1.165) is 22.6 Å². The molecule has 4 aromatic rings. The van der Waals surface area contributed by atoms with Gasteiger partial charge in [0.15, 0.2) is 17.3 Å². The molecule has 0 aliphatic carbocycles. The predicted octanol–water partition coefficient (Wildman–Crippen LogP) is 4.07. The molecule has 5 rings (SSSR count). The van der Waals surface area contributed by atoms with E-state index in [0.29, 0.717) is 37.6 Å². The summed E-state index contributed by atoms with van der Waals surface area (Å²) in [6.45, 7) is 4.63. The number of hydrogen-bond acceptors (Lipinski definition) is 6. The quantitative estimate of drug-likeness (QED) is 0.491. The van der Waals surface area contributed by atoms with Crippen molar-refractivity contribution in [3.8, 4) is 22.6 Å². The van der Waals surface area contributed by atoms with Gasteiger partial charge < -0.3 is 14.3 Å². The van der Waals surface area contributed by atoms with Gasteiger partial charge in [0.05, 0.1) is 5.69 Å². The fourth-order valence-corrected chi connectivity index (χ4v) is 3.91. The Morgan fingerprint density at radius 2 is 1.62 bits per heavy atom. The van der Waals surface area contributed by atoms with Gasteiger partial charge in [-0.25, -0.2) is 0 Å². The highest BCUT2D eigenvalue weighted by Gasteiger charge is 2.25. The molecule has 1 aliphatic heterocycles. The van der Waals surface area contributed by atoms with Crippen LogP contribution in [0.2, 0.25) is 0 Å². The number of aromatic nitrogens is 3. The molecule has 1 amide bonds. The van der Waals surface area contributed by atoms with Crippen molar-refractivity contribution in [1.29, 1.82) is 0 Å². The molecule has 2 aromatic heterocycles.